The maximum atomic E-state index is 9.33. The average Bonchev–Trinajstić information content (AvgIpc) is 2.17. The number of nitrogens with two attached hydrogens (primary N) is 1. The Bertz CT molecular complexity index is 263. The van der Waals surface area contributed by atoms with E-state index in [1.165, 1.54) is 0 Å². The second-order valence-electron chi connectivity index (χ2n) is 3.00. The van der Waals surface area contributed by atoms with Gasteiger partial charge in [-0.05, 0) is 37.2 Å². The molecule has 1 unspecified atom stereocenters. The molecular weight excluding hydrogens is 202 g/mol. The molecule has 0 amide bonds. The van der Waals surface area contributed by atoms with Crippen LogP contribution >= 0.6 is 11.6 Å². The molecule has 1 rings (SSSR count). The van der Waals surface area contributed by atoms with Crippen LogP contribution in [0.5, 0.6) is 5.75 Å². The summed E-state index contributed by atoms with van der Waals surface area (Å²) in [6.07, 6.45) is 0.0452. The maximum Gasteiger partial charge on any atom is 0.119 e. The smallest absolute Gasteiger partial charge is 0.119 e. The van der Waals surface area contributed by atoms with E-state index in [2.05, 4.69) is 0 Å². The molecule has 0 heterocycles. The maximum absolute atomic E-state index is 9.33. The quantitative estimate of drug-likeness (QED) is 0.782. The van der Waals surface area contributed by atoms with Gasteiger partial charge in [0.25, 0.3) is 0 Å². The summed E-state index contributed by atoms with van der Waals surface area (Å²) in [6.45, 7) is 0.726. The van der Waals surface area contributed by atoms with Gasteiger partial charge < -0.3 is 15.6 Å². The van der Waals surface area contributed by atoms with Crippen LogP contribution in [0.1, 0.15) is 6.42 Å². The Kier molecular flexibility index (Phi) is 4.73. The minimum absolute atomic E-state index is 0.263. The van der Waals surface area contributed by atoms with Crippen LogP contribution < -0.4 is 10.5 Å². The van der Waals surface area contributed by atoms with Crippen LogP contribution in [0.2, 0.25) is 5.02 Å². The summed E-state index contributed by atoms with van der Waals surface area (Å²) in [5.41, 5.74) is 5.29. The van der Waals surface area contributed by atoms with E-state index in [1.807, 2.05) is 0 Å². The van der Waals surface area contributed by atoms with Gasteiger partial charge in [0.05, 0.1) is 6.10 Å². The lowest BCUT2D eigenvalue weighted by Gasteiger charge is -2.10. The van der Waals surface area contributed by atoms with E-state index in [0.717, 1.165) is 0 Å². The van der Waals surface area contributed by atoms with Gasteiger partial charge >= 0.3 is 0 Å². The topological polar surface area (TPSA) is 55.5 Å². The molecule has 3 nitrogen and oxygen atoms in total. The molecule has 0 aliphatic rings. The predicted molar refractivity (Wildman–Crippen MR) is 56.6 cm³/mol. The Balaban J connectivity index is 2.34. The number of hydrogen-bond donors (Lipinski definition) is 2. The van der Waals surface area contributed by atoms with E-state index in [4.69, 9.17) is 22.1 Å². The third kappa shape index (κ3) is 3.96. The van der Waals surface area contributed by atoms with Crippen molar-refractivity contribution in [3.05, 3.63) is 29.3 Å². The van der Waals surface area contributed by atoms with E-state index in [0.29, 0.717) is 23.7 Å². The number of benzene rings is 1. The fourth-order valence-electron chi connectivity index (χ4n) is 0.999. The second-order valence-corrected chi connectivity index (χ2v) is 3.43. The molecule has 1 atom stereocenters. The molecule has 1 aromatic rings. The largest absolute Gasteiger partial charge is 0.491 e. The van der Waals surface area contributed by atoms with Gasteiger partial charge in [-0.2, -0.15) is 0 Å². The van der Waals surface area contributed by atoms with Gasteiger partial charge in [0.1, 0.15) is 12.4 Å². The first-order valence-electron chi connectivity index (χ1n) is 4.49. The molecule has 0 fully saturated rings. The normalized spacial score (nSPS) is 12.5. The fourth-order valence-corrected chi connectivity index (χ4v) is 1.12. The zero-order valence-electron chi connectivity index (χ0n) is 7.82. The minimum Gasteiger partial charge on any atom is -0.491 e. The first kappa shape index (κ1) is 11.3. The standard InChI is InChI=1S/C10H14ClNO2/c11-8-1-3-10(4-2-8)14-7-9(13)5-6-12/h1-4,9,13H,5-7,12H2. The molecule has 3 N–H and O–H groups in total. The highest BCUT2D eigenvalue weighted by molar-refractivity contribution is 6.30. The van der Waals surface area contributed by atoms with Gasteiger partial charge in [0.2, 0.25) is 0 Å². The molecular formula is C10H14ClNO2. The van der Waals surface area contributed by atoms with Gasteiger partial charge in [0.15, 0.2) is 0 Å². The highest BCUT2D eigenvalue weighted by atomic mass is 35.5. The molecule has 4 heteroatoms. The summed E-state index contributed by atoms with van der Waals surface area (Å²) >= 11 is 5.70. The minimum atomic E-state index is -0.504. The van der Waals surface area contributed by atoms with Crippen molar-refractivity contribution < 1.29 is 9.84 Å². The summed E-state index contributed by atoms with van der Waals surface area (Å²) in [5, 5.41) is 10.0. The fraction of sp³-hybridized carbons (Fsp3) is 0.400. The first-order valence-corrected chi connectivity index (χ1v) is 4.86. The predicted octanol–water partition coefficient (Wildman–Crippen LogP) is 1.43. The van der Waals surface area contributed by atoms with Crippen LogP contribution in [-0.4, -0.2) is 24.4 Å². The van der Waals surface area contributed by atoms with Crippen LogP contribution in [0, 0.1) is 0 Å². The zero-order chi connectivity index (χ0) is 10.4. The van der Waals surface area contributed by atoms with Crippen molar-refractivity contribution in [3.8, 4) is 5.75 Å². The number of aliphatic hydroxyl groups excluding tert-OH is 1. The van der Waals surface area contributed by atoms with Crippen LogP contribution in [0.3, 0.4) is 0 Å². The van der Waals surface area contributed by atoms with Crippen molar-refractivity contribution in [2.75, 3.05) is 13.2 Å². The van der Waals surface area contributed by atoms with E-state index in [9.17, 15) is 5.11 Å². The van der Waals surface area contributed by atoms with E-state index in [1.54, 1.807) is 24.3 Å². The molecule has 0 aromatic heterocycles. The Morgan fingerprint density at radius 2 is 2.00 bits per heavy atom. The number of hydrogen-bond acceptors (Lipinski definition) is 3. The number of halogens is 1. The molecule has 0 saturated heterocycles. The summed E-state index contributed by atoms with van der Waals surface area (Å²) in [4.78, 5) is 0. The summed E-state index contributed by atoms with van der Waals surface area (Å²) in [5.74, 6) is 0.700. The SMILES string of the molecule is NCCC(O)COc1ccc(Cl)cc1. The Morgan fingerprint density at radius 1 is 1.36 bits per heavy atom. The van der Waals surface area contributed by atoms with Crippen molar-refractivity contribution in [2.45, 2.75) is 12.5 Å². The van der Waals surface area contributed by atoms with E-state index >= 15 is 0 Å². The molecule has 0 bridgehead atoms. The van der Waals surface area contributed by atoms with Crippen molar-refractivity contribution in [3.63, 3.8) is 0 Å². The average molecular weight is 216 g/mol. The van der Waals surface area contributed by atoms with Crippen LogP contribution in [0.25, 0.3) is 0 Å². The van der Waals surface area contributed by atoms with Crippen molar-refractivity contribution in [2.24, 2.45) is 5.73 Å². The van der Waals surface area contributed by atoms with Gasteiger partial charge in [-0.15, -0.1) is 0 Å². The van der Waals surface area contributed by atoms with Crippen molar-refractivity contribution in [1.29, 1.82) is 0 Å². The van der Waals surface area contributed by atoms with Gasteiger partial charge in [-0.25, -0.2) is 0 Å². The molecule has 14 heavy (non-hydrogen) atoms. The van der Waals surface area contributed by atoms with Crippen LogP contribution in [-0.2, 0) is 0 Å². The zero-order valence-corrected chi connectivity index (χ0v) is 8.57. The molecule has 78 valence electrons. The lowest BCUT2D eigenvalue weighted by molar-refractivity contribution is 0.102. The van der Waals surface area contributed by atoms with Gasteiger partial charge in [-0.1, -0.05) is 11.6 Å². The molecule has 0 radical (unpaired) electrons. The molecule has 1 aromatic carbocycles. The highest BCUT2D eigenvalue weighted by Gasteiger charge is 2.03. The first-order chi connectivity index (χ1) is 6.72. The lowest BCUT2D eigenvalue weighted by Crippen LogP contribution is -2.21. The van der Waals surface area contributed by atoms with Gasteiger partial charge in [0, 0.05) is 5.02 Å². The van der Waals surface area contributed by atoms with E-state index < -0.39 is 6.10 Å². The monoisotopic (exact) mass is 215 g/mol. The van der Waals surface area contributed by atoms with Crippen LogP contribution in [0.15, 0.2) is 24.3 Å². The number of rotatable bonds is 5. The summed E-state index contributed by atoms with van der Waals surface area (Å²) < 4.78 is 5.31. The van der Waals surface area contributed by atoms with E-state index in [-0.39, 0.29) is 6.61 Å². The van der Waals surface area contributed by atoms with Crippen LogP contribution in [0.4, 0.5) is 0 Å². The lowest BCUT2D eigenvalue weighted by atomic mass is 10.3. The Labute approximate surface area is 88.4 Å². The Morgan fingerprint density at radius 3 is 2.57 bits per heavy atom. The molecule has 0 spiro atoms. The summed E-state index contributed by atoms with van der Waals surface area (Å²) in [6, 6.07) is 7.01. The number of aliphatic hydroxyl groups is 1. The second kappa shape index (κ2) is 5.86. The third-order valence-electron chi connectivity index (χ3n) is 1.76. The third-order valence-corrected chi connectivity index (χ3v) is 2.01. The number of ether oxygens (including phenoxy) is 1. The molecule has 0 aliphatic heterocycles. The highest BCUT2D eigenvalue weighted by Crippen LogP contribution is 2.15. The van der Waals surface area contributed by atoms with Crippen molar-refractivity contribution >= 4 is 11.6 Å². The van der Waals surface area contributed by atoms with Gasteiger partial charge in [-0.3, -0.25) is 0 Å². The summed E-state index contributed by atoms with van der Waals surface area (Å²) in [7, 11) is 0. The Hall–Kier alpha value is -0.770. The molecule has 0 saturated carbocycles. The molecule has 0 aliphatic carbocycles. The van der Waals surface area contributed by atoms with Crippen molar-refractivity contribution in [1.82, 2.24) is 0 Å².